The number of hydrogen-bond acceptors (Lipinski definition) is 3. The topological polar surface area (TPSA) is 15.3 Å². The molecular weight excluding hydrogens is 366 g/mol. The van der Waals surface area contributed by atoms with Crippen molar-refractivity contribution >= 4 is 46.9 Å². The second kappa shape index (κ2) is 7.95. The number of hydrogen-bond donors (Lipinski definition) is 1. The predicted octanol–water partition coefficient (Wildman–Crippen LogP) is 4.61. The summed E-state index contributed by atoms with van der Waals surface area (Å²) in [6.07, 6.45) is 0. The first kappa shape index (κ1) is 18.0. The van der Waals surface area contributed by atoms with Crippen LogP contribution in [-0.4, -0.2) is 31.1 Å². The predicted molar refractivity (Wildman–Crippen MR) is 94.3 cm³/mol. The second-order valence-electron chi connectivity index (χ2n) is 4.96. The lowest BCUT2D eigenvalue weighted by atomic mass is 10.0. The molecule has 2 heterocycles. The van der Waals surface area contributed by atoms with E-state index in [-0.39, 0.29) is 23.5 Å². The van der Waals surface area contributed by atoms with Gasteiger partial charge in [0.15, 0.2) is 0 Å². The summed E-state index contributed by atoms with van der Waals surface area (Å²) in [6.45, 7) is 3.49. The molecule has 0 aliphatic carbocycles. The van der Waals surface area contributed by atoms with E-state index in [1.54, 1.807) is 17.4 Å². The molecule has 2 nitrogen and oxygen atoms in total. The number of halogens is 4. The summed E-state index contributed by atoms with van der Waals surface area (Å²) in [5, 5.41) is 5.86. The molecule has 1 atom stereocenters. The molecule has 1 aliphatic rings. The number of nitrogens with zero attached hydrogens (tertiary/aromatic N) is 1. The van der Waals surface area contributed by atoms with Crippen LogP contribution in [0.2, 0.25) is 10.0 Å². The highest BCUT2D eigenvalue weighted by atomic mass is 35.5. The summed E-state index contributed by atoms with van der Waals surface area (Å²) in [7, 11) is 0. The highest BCUT2D eigenvalue weighted by Gasteiger charge is 2.29. The molecule has 1 aromatic heterocycles. The standard InChI is InChI=1S/C15H15Cl2FN2S.ClH/c16-10-3-4-11(17)14(18)13(10)15(12-2-1-9-21-12)20-7-5-19-6-8-20;/h1-4,9,15,19H,5-8H2;1H/t15-;/m0./s1. The van der Waals surface area contributed by atoms with E-state index in [2.05, 4.69) is 10.2 Å². The molecule has 22 heavy (non-hydrogen) atoms. The molecule has 1 fully saturated rings. The van der Waals surface area contributed by atoms with E-state index in [0.717, 1.165) is 31.1 Å². The molecule has 0 saturated carbocycles. The van der Waals surface area contributed by atoms with Crippen LogP contribution >= 0.6 is 46.9 Å². The summed E-state index contributed by atoms with van der Waals surface area (Å²) in [4.78, 5) is 3.34. The molecule has 2 aromatic rings. The third kappa shape index (κ3) is 3.58. The molecule has 7 heteroatoms. The van der Waals surface area contributed by atoms with E-state index in [4.69, 9.17) is 23.2 Å². The largest absolute Gasteiger partial charge is 0.314 e. The van der Waals surface area contributed by atoms with Crippen molar-refractivity contribution in [3.63, 3.8) is 0 Å². The minimum Gasteiger partial charge on any atom is -0.314 e. The summed E-state index contributed by atoms with van der Waals surface area (Å²) in [5.41, 5.74) is 0.480. The van der Waals surface area contributed by atoms with Gasteiger partial charge < -0.3 is 5.32 Å². The Labute approximate surface area is 149 Å². The van der Waals surface area contributed by atoms with Gasteiger partial charge in [0.1, 0.15) is 5.82 Å². The van der Waals surface area contributed by atoms with E-state index in [1.807, 2.05) is 17.5 Å². The van der Waals surface area contributed by atoms with E-state index >= 15 is 0 Å². The number of rotatable bonds is 3. The third-order valence-electron chi connectivity index (χ3n) is 3.68. The molecule has 1 aromatic carbocycles. The van der Waals surface area contributed by atoms with Crippen LogP contribution in [0.5, 0.6) is 0 Å². The molecular formula is C15H16Cl3FN2S. The van der Waals surface area contributed by atoms with Gasteiger partial charge in [0.2, 0.25) is 0 Å². The van der Waals surface area contributed by atoms with Crippen LogP contribution in [0.15, 0.2) is 29.6 Å². The lowest BCUT2D eigenvalue weighted by Crippen LogP contribution is -2.45. The molecule has 0 bridgehead atoms. The number of piperazine rings is 1. The van der Waals surface area contributed by atoms with Crippen LogP contribution in [0.4, 0.5) is 4.39 Å². The molecule has 0 amide bonds. The van der Waals surface area contributed by atoms with Crippen LogP contribution in [-0.2, 0) is 0 Å². The quantitative estimate of drug-likeness (QED) is 0.781. The summed E-state index contributed by atoms with van der Waals surface area (Å²) >= 11 is 13.9. The first-order valence-electron chi connectivity index (χ1n) is 6.80. The maximum Gasteiger partial charge on any atom is 0.148 e. The lowest BCUT2D eigenvalue weighted by molar-refractivity contribution is 0.197. The van der Waals surface area contributed by atoms with Gasteiger partial charge in [-0.3, -0.25) is 4.90 Å². The SMILES string of the molecule is Cl.Fc1c(Cl)ccc(Cl)c1[C@H](c1cccs1)N1CCNCC1. The fourth-order valence-corrected chi connectivity index (χ4v) is 3.97. The Morgan fingerprint density at radius 2 is 1.82 bits per heavy atom. The van der Waals surface area contributed by atoms with Crippen LogP contribution in [0.25, 0.3) is 0 Å². The van der Waals surface area contributed by atoms with Crippen molar-refractivity contribution in [1.82, 2.24) is 10.2 Å². The maximum atomic E-state index is 14.6. The van der Waals surface area contributed by atoms with Crippen molar-refractivity contribution in [3.05, 3.63) is 55.9 Å². The second-order valence-corrected chi connectivity index (χ2v) is 6.75. The van der Waals surface area contributed by atoms with E-state index < -0.39 is 5.82 Å². The first-order valence-corrected chi connectivity index (χ1v) is 8.43. The lowest BCUT2D eigenvalue weighted by Gasteiger charge is -2.35. The van der Waals surface area contributed by atoms with Crippen LogP contribution in [0, 0.1) is 5.82 Å². The van der Waals surface area contributed by atoms with Gasteiger partial charge in [-0.1, -0.05) is 29.3 Å². The highest BCUT2D eigenvalue weighted by Crippen LogP contribution is 2.39. The van der Waals surface area contributed by atoms with Crippen LogP contribution in [0.3, 0.4) is 0 Å². The third-order valence-corrected chi connectivity index (χ3v) is 5.23. The summed E-state index contributed by atoms with van der Waals surface area (Å²) < 4.78 is 14.6. The molecule has 3 rings (SSSR count). The molecule has 120 valence electrons. The van der Waals surface area contributed by atoms with Crippen molar-refractivity contribution in [1.29, 1.82) is 0 Å². The van der Waals surface area contributed by atoms with Gasteiger partial charge in [-0.05, 0) is 23.6 Å². The Kier molecular flexibility index (Phi) is 6.50. The Morgan fingerprint density at radius 3 is 2.45 bits per heavy atom. The van der Waals surface area contributed by atoms with Gasteiger partial charge >= 0.3 is 0 Å². The van der Waals surface area contributed by atoms with Crippen molar-refractivity contribution in [2.24, 2.45) is 0 Å². The van der Waals surface area contributed by atoms with Gasteiger partial charge in [0.05, 0.1) is 11.1 Å². The van der Waals surface area contributed by atoms with Gasteiger partial charge in [-0.25, -0.2) is 4.39 Å². The fourth-order valence-electron chi connectivity index (χ4n) is 2.69. The maximum absolute atomic E-state index is 14.6. The number of benzene rings is 1. The molecule has 0 radical (unpaired) electrons. The minimum absolute atomic E-state index is 0. The summed E-state index contributed by atoms with van der Waals surface area (Å²) in [6, 6.07) is 7.00. The van der Waals surface area contributed by atoms with E-state index in [9.17, 15) is 4.39 Å². The van der Waals surface area contributed by atoms with Gasteiger partial charge in [-0.2, -0.15) is 0 Å². The Bertz CT molecular complexity index is 616. The Hall–Kier alpha value is -0.360. The average Bonchev–Trinajstić information content (AvgIpc) is 3.02. The van der Waals surface area contributed by atoms with E-state index in [1.165, 1.54) is 6.07 Å². The van der Waals surface area contributed by atoms with Crippen molar-refractivity contribution < 1.29 is 4.39 Å². The molecule has 1 N–H and O–H groups in total. The zero-order chi connectivity index (χ0) is 14.8. The van der Waals surface area contributed by atoms with Crippen molar-refractivity contribution in [3.8, 4) is 0 Å². The molecule has 0 unspecified atom stereocenters. The van der Waals surface area contributed by atoms with Crippen molar-refractivity contribution in [2.75, 3.05) is 26.2 Å². The van der Waals surface area contributed by atoms with Crippen LogP contribution < -0.4 is 5.32 Å². The molecule has 1 aliphatic heterocycles. The molecule has 1 saturated heterocycles. The Morgan fingerprint density at radius 1 is 1.14 bits per heavy atom. The average molecular weight is 382 g/mol. The smallest absolute Gasteiger partial charge is 0.148 e. The summed E-state index contributed by atoms with van der Waals surface area (Å²) in [5.74, 6) is -0.416. The number of nitrogens with one attached hydrogen (secondary N) is 1. The van der Waals surface area contributed by atoms with Gasteiger partial charge in [0.25, 0.3) is 0 Å². The zero-order valence-corrected chi connectivity index (χ0v) is 14.8. The Balaban J connectivity index is 0.00000176. The van der Waals surface area contributed by atoms with E-state index in [0.29, 0.717) is 10.6 Å². The van der Waals surface area contributed by atoms with Gasteiger partial charge in [-0.15, -0.1) is 23.7 Å². The minimum atomic E-state index is -0.416. The number of thiophene rings is 1. The fraction of sp³-hybridized carbons (Fsp3) is 0.333. The normalized spacial score (nSPS) is 17.0. The zero-order valence-electron chi connectivity index (χ0n) is 11.7. The highest BCUT2D eigenvalue weighted by molar-refractivity contribution is 7.10. The first-order chi connectivity index (χ1) is 10.2. The monoisotopic (exact) mass is 380 g/mol. The van der Waals surface area contributed by atoms with Gasteiger partial charge in [0, 0.05) is 41.6 Å². The molecule has 0 spiro atoms. The van der Waals surface area contributed by atoms with Crippen LogP contribution in [0.1, 0.15) is 16.5 Å². The van der Waals surface area contributed by atoms with Crippen molar-refractivity contribution in [2.45, 2.75) is 6.04 Å².